The van der Waals surface area contributed by atoms with Crippen molar-refractivity contribution < 1.29 is 41.8 Å². The maximum atomic E-state index is 14.3. The number of fused-ring (bicyclic) bond motifs is 1. The smallest absolute Gasteiger partial charge is 0.407 e. The molecule has 3 aromatic rings. The zero-order chi connectivity index (χ0) is 38.1. The molecule has 5 unspecified atom stereocenters. The summed E-state index contributed by atoms with van der Waals surface area (Å²) < 4.78 is 44.8. The number of carbonyl (C=O) groups is 4. The molecule has 2 aromatic carbocycles. The molecule has 5 atom stereocenters. The van der Waals surface area contributed by atoms with E-state index in [1.165, 1.54) is 4.90 Å². The summed E-state index contributed by atoms with van der Waals surface area (Å²) in [6.07, 6.45) is 0.331. The van der Waals surface area contributed by atoms with Crippen LogP contribution in [0.25, 0.3) is 22.2 Å². The Balaban J connectivity index is 1.32. The van der Waals surface area contributed by atoms with Gasteiger partial charge in [-0.15, -0.1) is 0 Å². The molecule has 2 heterocycles. The van der Waals surface area contributed by atoms with Crippen molar-refractivity contribution in [2.45, 2.75) is 88.8 Å². The van der Waals surface area contributed by atoms with E-state index in [9.17, 15) is 27.6 Å². The van der Waals surface area contributed by atoms with Crippen LogP contribution in [-0.2, 0) is 29.1 Å². The van der Waals surface area contributed by atoms with E-state index in [1.54, 1.807) is 40.0 Å². The fourth-order valence-electron chi connectivity index (χ4n) is 7.00. The van der Waals surface area contributed by atoms with Crippen molar-refractivity contribution in [2.75, 3.05) is 20.3 Å². The van der Waals surface area contributed by atoms with E-state index in [1.807, 2.05) is 49.4 Å². The minimum absolute atomic E-state index is 0.0161. The van der Waals surface area contributed by atoms with Gasteiger partial charge in [-0.25, -0.2) is 18.2 Å². The number of rotatable bonds is 14. The van der Waals surface area contributed by atoms with E-state index in [2.05, 4.69) is 15.4 Å². The summed E-state index contributed by atoms with van der Waals surface area (Å²) in [6, 6.07) is 14.7. The first-order chi connectivity index (χ1) is 25.3. The fraction of sp³-hybridized carbons (Fsp3) is 0.500. The summed E-state index contributed by atoms with van der Waals surface area (Å²) >= 11 is 0. The largest absolute Gasteiger partial charge is 0.497 e. The lowest BCUT2D eigenvalue weighted by Gasteiger charge is -2.31. The van der Waals surface area contributed by atoms with Crippen LogP contribution in [0.2, 0.25) is 0 Å². The molecule has 6 rings (SSSR count). The quantitative estimate of drug-likeness (QED) is 0.219. The first-order valence-electron chi connectivity index (χ1n) is 18.1. The average molecular weight is 750 g/mol. The zero-order valence-electron chi connectivity index (χ0n) is 30.6. The minimum Gasteiger partial charge on any atom is -0.497 e. The summed E-state index contributed by atoms with van der Waals surface area (Å²) in [5.41, 5.74) is 0.684. The first kappa shape index (κ1) is 37.8. The maximum absolute atomic E-state index is 14.3. The molecule has 3 fully saturated rings. The van der Waals surface area contributed by atoms with Gasteiger partial charge in [0, 0.05) is 29.5 Å². The molecular weight excluding hydrogens is 703 g/mol. The van der Waals surface area contributed by atoms with Crippen LogP contribution in [0.4, 0.5) is 4.79 Å². The van der Waals surface area contributed by atoms with Crippen LogP contribution in [0.3, 0.4) is 0 Å². The van der Waals surface area contributed by atoms with Crippen molar-refractivity contribution in [1.29, 1.82) is 0 Å². The van der Waals surface area contributed by atoms with Crippen LogP contribution < -0.4 is 24.8 Å². The molecule has 4 amide bonds. The number of alkyl carbamates (subject to hydrolysis) is 1. The van der Waals surface area contributed by atoms with Gasteiger partial charge in [-0.1, -0.05) is 57.5 Å². The van der Waals surface area contributed by atoms with Crippen molar-refractivity contribution in [1.82, 2.24) is 25.2 Å². The number of hydrogen-bond donors (Lipinski definition) is 3. The summed E-state index contributed by atoms with van der Waals surface area (Å²) in [6.45, 7) is 7.14. The molecular formula is C38H47N5O9S. The van der Waals surface area contributed by atoms with Gasteiger partial charge < -0.3 is 29.7 Å². The van der Waals surface area contributed by atoms with Crippen LogP contribution >= 0.6 is 0 Å². The molecule has 1 aliphatic heterocycles. The number of sulfonamides is 1. The molecule has 2 aliphatic carbocycles. The lowest BCUT2D eigenvalue weighted by atomic mass is 10.0. The zero-order valence-corrected chi connectivity index (χ0v) is 31.4. The highest BCUT2D eigenvalue weighted by Crippen LogP contribution is 2.47. The predicted octanol–water partition coefficient (Wildman–Crippen LogP) is 3.92. The number of nitrogens with zero attached hydrogens (tertiary/aromatic N) is 2. The van der Waals surface area contributed by atoms with Gasteiger partial charge in [0.1, 0.15) is 35.2 Å². The van der Waals surface area contributed by atoms with Crippen LogP contribution in [0, 0.1) is 11.8 Å². The van der Waals surface area contributed by atoms with Crippen LogP contribution in [0.5, 0.6) is 11.5 Å². The van der Waals surface area contributed by atoms with Crippen LogP contribution in [0.1, 0.15) is 59.8 Å². The van der Waals surface area contributed by atoms with Gasteiger partial charge in [-0.05, 0) is 50.2 Å². The van der Waals surface area contributed by atoms with Gasteiger partial charge in [0.2, 0.25) is 21.8 Å². The second kappa shape index (κ2) is 15.2. The third kappa shape index (κ3) is 8.04. The summed E-state index contributed by atoms with van der Waals surface area (Å²) in [7, 11) is -2.30. The predicted molar refractivity (Wildman–Crippen MR) is 196 cm³/mol. The summed E-state index contributed by atoms with van der Waals surface area (Å²) in [5.74, 6) is -1.49. The van der Waals surface area contributed by atoms with E-state index in [0.29, 0.717) is 47.4 Å². The number of pyridine rings is 1. The molecule has 1 saturated heterocycles. The molecule has 14 nitrogen and oxygen atoms in total. The highest BCUT2D eigenvalue weighted by atomic mass is 32.2. The van der Waals surface area contributed by atoms with Crippen LogP contribution in [0.15, 0.2) is 54.6 Å². The Morgan fingerprint density at radius 3 is 2.40 bits per heavy atom. The Kier molecular flexibility index (Phi) is 10.9. The van der Waals surface area contributed by atoms with E-state index >= 15 is 0 Å². The maximum Gasteiger partial charge on any atom is 0.407 e. The van der Waals surface area contributed by atoms with Crippen molar-refractivity contribution in [2.24, 2.45) is 11.8 Å². The van der Waals surface area contributed by atoms with Crippen LogP contribution in [-0.4, -0.2) is 91.4 Å². The minimum atomic E-state index is -3.87. The molecule has 0 radical (unpaired) electrons. The van der Waals surface area contributed by atoms with Gasteiger partial charge in [-0.2, -0.15) is 0 Å². The number of aromatic nitrogens is 1. The molecule has 0 bridgehead atoms. The Hall–Kier alpha value is -4.92. The summed E-state index contributed by atoms with van der Waals surface area (Å²) in [4.78, 5) is 60.9. The molecule has 53 heavy (non-hydrogen) atoms. The summed E-state index contributed by atoms with van der Waals surface area (Å²) in [5, 5.41) is 5.58. The standard InChI is InChI=1S/C38H47N5O9S/c1-6-24-20-38(24,36(46)42-53(48,49)27-14-15-27)41-34(44)31-18-26(21-43(31)35(45)33(22(3)4)40-37(47)51-7-2)52-32-19-29(23-11-9-8-10-12-23)39-30-17-25(50-5)13-16-28(30)32/h8-13,16-17,19,22,24,26-27,31,33H,6-7,14-15,18,20-21H2,1-5H3,(H,40,47)(H,41,44)(H,42,46). The first-order valence-corrected chi connectivity index (χ1v) is 19.7. The normalized spacial score (nSPS) is 22.9. The Morgan fingerprint density at radius 1 is 1.04 bits per heavy atom. The van der Waals surface area contributed by atoms with E-state index in [0.717, 1.165) is 5.56 Å². The second-order valence-corrected chi connectivity index (χ2v) is 16.2. The van der Waals surface area contributed by atoms with Crippen molar-refractivity contribution in [3.63, 3.8) is 0 Å². The molecule has 0 spiro atoms. The van der Waals surface area contributed by atoms with Gasteiger partial charge in [0.15, 0.2) is 0 Å². The fourth-order valence-corrected chi connectivity index (χ4v) is 8.36. The highest BCUT2D eigenvalue weighted by molar-refractivity contribution is 7.91. The molecule has 3 aliphatic rings. The number of likely N-dealkylation sites (tertiary alicyclic amines) is 1. The van der Waals surface area contributed by atoms with Gasteiger partial charge in [0.05, 0.1) is 36.7 Å². The Bertz CT molecular complexity index is 1990. The van der Waals surface area contributed by atoms with E-state index < -0.39 is 62.8 Å². The third-order valence-electron chi connectivity index (χ3n) is 10.2. The molecule has 284 valence electrons. The second-order valence-electron chi connectivity index (χ2n) is 14.3. The molecule has 3 N–H and O–H groups in total. The van der Waals surface area contributed by atoms with Crippen molar-refractivity contribution in [3.05, 3.63) is 54.6 Å². The van der Waals surface area contributed by atoms with Gasteiger partial charge in [0.25, 0.3) is 5.91 Å². The molecule has 15 heteroatoms. The molecule has 1 aromatic heterocycles. The topological polar surface area (TPSA) is 182 Å². The number of benzene rings is 2. The number of nitrogens with one attached hydrogen (secondary N) is 3. The van der Waals surface area contributed by atoms with Crippen molar-refractivity contribution in [3.8, 4) is 22.8 Å². The third-order valence-corrected chi connectivity index (χ3v) is 12.0. The number of carbonyl (C=O) groups excluding carboxylic acids is 4. The Labute approximate surface area is 309 Å². The lowest BCUT2D eigenvalue weighted by Crippen LogP contribution is -2.59. The van der Waals surface area contributed by atoms with E-state index in [-0.39, 0.29) is 37.8 Å². The Morgan fingerprint density at radius 2 is 1.77 bits per heavy atom. The monoisotopic (exact) mass is 749 g/mol. The molecule has 2 saturated carbocycles. The number of hydrogen-bond acceptors (Lipinski definition) is 10. The van der Waals surface area contributed by atoms with Gasteiger partial charge in [-0.3, -0.25) is 19.1 Å². The average Bonchev–Trinajstić information content (AvgIpc) is 4.07. The number of ether oxygens (including phenoxy) is 3. The SMILES string of the molecule is CCOC(=O)NC(C(=O)N1CC(Oc2cc(-c3ccccc3)nc3cc(OC)ccc23)CC1C(=O)NC1(C(=O)NS(=O)(=O)C2CC2)CC1CC)C(C)C. The number of methoxy groups -OCH3 is 1. The number of amides is 4. The highest BCUT2D eigenvalue weighted by Gasteiger charge is 2.62. The van der Waals surface area contributed by atoms with E-state index in [4.69, 9.17) is 19.2 Å². The lowest BCUT2D eigenvalue weighted by molar-refractivity contribution is -0.141. The van der Waals surface area contributed by atoms with Crippen molar-refractivity contribution >= 4 is 44.7 Å². The van der Waals surface area contributed by atoms with Gasteiger partial charge >= 0.3 is 6.09 Å².